The summed E-state index contributed by atoms with van der Waals surface area (Å²) in [5.41, 5.74) is 6.37. The van der Waals surface area contributed by atoms with Gasteiger partial charge in [0.05, 0.1) is 10.4 Å². The van der Waals surface area contributed by atoms with Crippen LogP contribution in [0.5, 0.6) is 0 Å². The summed E-state index contributed by atoms with van der Waals surface area (Å²) in [6, 6.07) is 10.1. The van der Waals surface area contributed by atoms with Gasteiger partial charge in [0.1, 0.15) is 0 Å². The highest BCUT2D eigenvalue weighted by atomic mass is 35.5. The fourth-order valence-corrected chi connectivity index (χ4v) is 4.51. The number of rotatable bonds is 6. The van der Waals surface area contributed by atoms with Gasteiger partial charge in [0.15, 0.2) is 5.82 Å². The van der Waals surface area contributed by atoms with Gasteiger partial charge in [-0.25, -0.2) is 13.1 Å². The second kappa shape index (κ2) is 7.69. The molecule has 4 rings (SSSR count). The molecule has 2 heterocycles. The smallest absolute Gasteiger partial charge is 0.257 e. The predicted octanol–water partition coefficient (Wildman–Crippen LogP) is 3.04. The van der Waals surface area contributed by atoms with Crippen molar-refractivity contribution in [1.82, 2.24) is 14.9 Å². The molecule has 3 aromatic rings. The Balaban J connectivity index is 0.00000210. The number of hydrogen-bond donors (Lipinski definition) is 2. The SMILES string of the molecule is Cl.NC1(c2noc(-c3ccc(S(=O)(=O)NCc4cccs4)cc3)n2)CCC1. The number of nitrogens with one attached hydrogen (secondary N) is 1. The Hall–Kier alpha value is -1.78. The van der Waals surface area contributed by atoms with Crippen LogP contribution in [0.3, 0.4) is 0 Å². The third-order valence-electron chi connectivity index (χ3n) is 4.55. The van der Waals surface area contributed by atoms with Crippen LogP contribution < -0.4 is 10.5 Å². The van der Waals surface area contributed by atoms with Gasteiger partial charge in [-0.3, -0.25) is 0 Å². The summed E-state index contributed by atoms with van der Waals surface area (Å²) in [5.74, 6) is 0.847. The standard InChI is InChI=1S/C17H18N4O3S2.ClH/c18-17(8-2-9-17)16-20-15(24-21-16)12-4-6-14(7-5-12)26(22,23)19-11-13-3-1-10-25-13;/h1,3-7,10,19H,2,8-9,11,18H2;1H. The zero-order valence-electron chi connectivity index (χ0n) is 14.3. The number of aromatic nitrogens is 2. The lowest BCUT2D eigenvalue weighted by atomic mass is 9.77. The van der Waals surface area contributed by atoms with Gasteiger partial charge in [-0.05, 0) is 55.0 Å². The Bertz CT molecular complexity index is 997. The number of sulfonamides is 1. The van der Waals surface area contributed by atoms with Gasteiger partial charge < -0.3 is 10.3 Å². The molecular weight excluding hydrogens is 408 g/mol. The average Bonchev–Trinajstić information content (AvgIpc) is 3.30. The van der Waals surface area contributed by atoms with Gasteiger partial charge in [-0.2, -0.15) is 4.98 Å². The molecule has 1 aliphatic rings. The summed E-state index contributed by atoms with van der Waals surface area (Å²) in [5, 5.41) is 5.88. The highest BCUT2D eigenvalue weighted by molar-refractivity contribution is 7.89. The fourth-order valence-electron chi connectivity index (χ4n) is 2.76. The Labute approximate surface area is 167 Å². The lowest BCUT2D eigenvalue weighted by Gasteiger charge is -2.34. The number of benzene rings is 1. The van der Waals surface area contributed by atoms with Crippen molar-refractivity contribution in [3.63, 3.8) is 0 Å². The van der Waals surface area contributed by atoms with E-state index in [2.05, 4.69) is 14.9 Å². The normalized spacial score (nSPS) is 15.7. The minimum atomic E-state index is -3.58. The van der Waals surface area contributed by atoms with Gasteiger partial charge in [0.2, 0.25) is 10.0 Å². The van der Waals surface area contributed by atoms with E-state index in [1.165, 1.54) is 23.5 Å². The molecule has 144 valence electrons. The first kappa shape index (κ1) is 20.0. The third kappa shape index (κ3) is 4.07. The molecule has 0 spiro atoms. The molecule has 0 unspecified atom stereocenters. The first-order valence-corrected chi connectivity index (χ1v) is 10.6. The van der Waals surface area contributed by atoms with Crippen LogP contribution in [-0.4, -0.2) is 18.6 Å². The number of hydrogen-bond acceptors (Lipinski definition) is 7. The van der Waals surface area contributed by atoms with E-state index in [4.69, 9.17) is 10.3 Å². The lowest BCUT2D eigenvalue weighted by Crippen LogP contribution is -2.44. The summed E-state index contributed by atoms with van der Waals surface area (Å²) < 4.78 is 32.6. The van der Waals surface area contributed by atoms with E-state index in [1.807, 2.05) is 17.5 Å². The molecule has 1 aromatic carbocycles. The number of nitrogens with two attached hydrogens (primary N) is 1. The minimum absolute atomic E-state index is 0. The maximum Gasteiger partial charge on any atom is 0.257 e. The number of thiophene rings is 1. The number of halogens is 1. The van der Waals surface area contributed by atoms with Crippen molar-refractivity contribution >= 4 is 33.8 Å². The maximum atomic E-state index is 12.4. The first-order chi connectivity index (χ1) is 12.5. The molecule has 0 aliphatic heterocycles. The van der Waals surface area contributed by atoms with Crippen molar-refractivity contribution in [1.29, 1.82) is 0 Å². The van der Waals surface area contributed by atoms with Crippen molar-refractivity contribution in [2.24, 2.45) is 5.73 Å². The van der Waals surface area contributed by atoms with Crippen LogP contribution in [0.25, 0.3) is 11.5 Å². The van der Waals surface area contributed by atoms with E-state index in [-0.39, 0.29) is 23.8 Å². The summed E-state index contributed by atoms with van der Waals surface area (Å²) in [4.78, 5) is 5.51. The van der Waals surface area contributed by atoms with Crippen LogP contribution in [-0.2, 0) is 22.1 Å². The molecule has 7 nitrogen and oxygen atoms in total. The van der Waals surface area contributed by atoms with E-state index >= 15 is 0 Å². The van der Waals surface area contributed by atoms with E-state index in [1.54, 1.807) is 12.1 Å². The Kier molecular flexibility index (Phi) is 5.68. The molecule has 0 bridgehead atoms. The van der Waals surface area contributed by atoms with Gasteiger partial charge >= 0.3 is 0 Å². The Morgan fingerprint density at radius 3 is 2.56 bits per heavy atom. The molecule has 1 fully saturated rings. The van der Waals surface area contributed by atoms with Crippen LogP contribution in [0.1, 0.15) is 30.0 Å². The van der Waals surface area contributed by atoms with E-state index in [0.29, 0.717) is 17.3 Å². The van der Waals surface area contributed by atoms with Crippen molar-refractivity contribution in [2.75, 3.05) is 0 Å². The molecule has 0 atom stereocenters. The molecule has 0 saturated heterocycles. The quantitative estimate of drug-likeness (QED) is 0.626. The maximum absolute atomic E-state index is 12.4. The molecule has 1 saturated carbocycles. The topological polar surface area (TPSA) is 111 Å². The molecule has 10 heteroatoms. The highest BCUT2D eigenvalue weighted by Crippen LogP contribution is 2.37. The van der Waals surface area contributed by atoms with Gasteiger partial charge in [0, 0.05) is 17.0 Å². The van der Waals surface area contributed by atoms with E-state index in [0.717, 1.165) is 24.1 Å². The first-order valence-electron chi connectivity index (χ1n) is 8.22. The predicted molar refractivity (Wildman–Crippen MR) is 105 cm³/mol. The van der Waals surface area contributed by atoms with Crippen LogP contribution in [0.15, 0.2) is 51.2 Å². The number of nitrogens with zero attached hydrogens (tertiary/aromatic N) is 2. The van der Waals surface area contributed by atoms with Crippen molar-refractivity contribution in [2.45, 2.75) is 36.2 Å². The summed E-state index contributed by atoms with van der Waals surface area (Å²) in [7, 11) is -3.58. The summed E-state index contributed by atoms with van der Waals surface area (Å²) in [6.45, 7) is 0.271. The van der Waals surface area contributed by atoms with Crippen LogP contribution >= 0.6 is 23.7 Å². The molecule has 0 amide bonds. The molecular formula is C17H19ClN4O3S2. The minimum Gasteiger partial charge on any atom is -0.334 e. The van der Waals surface area contributed by atoms with Crippen LogP contribution in [0.4, 0.5) is 0 Å². The lowest BCUT2D eigenvalue weighted by molar-refractivity contribution is 0.229. The van der Waals surface area contributed by atoms with Crippen molar-refractivity contribution in [3.05, 3.63) is 52.5 Å². The van der Waals surface area contributed by atoms with Gasteiger partial charge in [0.25, 0.3) is 5.89 Å². The van der Waals surface area contributed by atoms with Crippen LogP contribution in [0, 0.1) is 0 Å². The average molecular weight is 427 g/mol. The molecule has 3 N–H and O–H groups in total. The monoisotopic (exact) mass is 426 g/mol. The molecule has 27 heavy (non-hydrogen) atoms. The fraction of sp³-hybridized carbons (Fsp3) is 0.294. The third-order valence-corrected chi connectivity index (χ3v) is 6.84. The summed E-state index contributed by atoms with van der Waals surface area (Å²) in [6.07, 6.45) is 2.75. The van der Waals surface area contributed by atoms with Gasteiger partial charge in [-0.1, -0.05) is 11.2 Å². The molecule has 1 aliphatic carbocycles. The second-order valence-electron chi connectivity index (χ2n) is 6.36. The zero-order valence-corrected chi connectivity index (χ0v) is 16.7. The Morgan fingerprint density at radius 1 is 1.22 bits per heavy atom. The van der Waals surface area contributed by atoms with Crippen molar-refractivity contribution < 1.29 is 12.9 Å². The Morgan fingerprint density at radius 2 is 1.96 bits per heavy atom. The van der Waals surface area contributed by atoms with Crippen LogP contribution in [0.2, 0.25) is 0 Å². The zero-order chi connectivity index (χ0) is 18.2. The molecule has 0 radical (unpaired) electrons. The van der Waals surface area contributed by atoms with E-state index in [9.17, 15) is 8.42 Å². The largest absolute Gasteiger partial charge is 0.334 e. The van der Waals surface area contributed by atoms with Crippen molar-refractivity contribution in [3.8, 4) is 11.5 Å². The highest BCUT2D eigenvalue weighted by Gasteiger charge is 2.39. The molecule has 2 aromatic heterocycles. The van der Waals surface area contributed by atoms with E-state index < -0.39 is 15.6 Å². The second-order valence-corrected chi connectivity index (χ2v) is 9.16. The van der Waals surface area contributed by atoms with Gasteiger partial charge in [-0.15, -0.1) is 23.7 Å². The summed E-state index contributed by atoms with van der Waals surface area (Å²) >= 11 is 1.50.